The minimum absolute atomic E-state index is 0.199. The molecule has 1 aromatic rings. The third-order valence-corrected chi connectivity index (χ3v) is 3.18. The summed E-state index contributed by atoms with van der Waals surface area (Å²) >= 11 is 0. The van der Waals surface area contributed by atoms with Crippen LogP contribution in [0.5, 0.6) is 0 Å². The Morgan fingerprint density at radius 1 is 1.30 bits per heavy atom. The fraction of sp³-hybridized carbons (Fsp3) is 0.308. The predicted octanol–water partition coefficient (Wildman–Crippen LogP) is 0.972. The number of anilines is 1. The highest BCUT2D eigenvalue weighted by molar-refractivity contribution is 6.52. The van der Waals surface area contributed by atoms with Crippen LogP contribution in [0.3, 0.4) is 0 Å². The lowest BCUT2D eigenvalue weighted by molar-refractivity contribution is -0.129. The Bertz CT molecular complexity index is 616. The fourth-order valence-corrected chi connectivity index (χ4v) is 1.93. The summed E-state index contributed by atoms with van der Waals surface area (Å²) in [5, 5.41) is 0. The molecule has 0 saturated heterocycles. The molecule has 1 heterocycles. The number of Topliss-reactive ketones (excluding diaryl/α,β-unsaturated/α-hetero) is 1. The molecule has 0 spiro atoms. The van der Waals surface area contributed by atoms with Gasteiger partial charge < -0.3 is 4.90 Å². The van der Waals surface area contributed by atoms with E-state index in [0.29, 0.717) is 12.6 Å². The van der Waals surface area contributed by atoms with Gasteiger partial charge in [0.1, 0.15) is 18.2 Å². The smallest absolute Gasteiger partial charge is 0.300 e. The molecule has 1 aliphatic heterocycles. The number of nitrogens with zero attached hydrogens (tertiary/aromatic N) is 2. The molecule has 7 heteroatoms. The second kappa shape index (κ2) is 4.99. The maximum Gasteiger partial charge on any atom is 0.300 e. The molecule has 0 aromatic heterocycles. The van der Waals surface area contributed by atoms with E-state index in [1.807, 2.05) is 0 Å². The first-order valence-corrected chi connectivity index (χ1v) is 5.96. The number of hydrogen-bond acceptors (Lipinski definition) is 3. The van der Waals surface area contributed by atoms with Gasteiger partial charge in [-0.25, -0.2) is 8.78 Å². The number of halogens is 2. The topological polar surface area (TPSA) is 57.7 Å². The van der Waals surface area contributed by atoms with Gasteiger partial charge in [0, 0.05) is 19.7 Å². The molecule has 2 rings (SSSR count). The molecule has 0 radical (unpaired) electrons. The summed E-state index contributed by atoms with van der Waals surface area (Å²) in [5.74, 6) is -4.53. The van der Waals surface area contributed by atoms with E-state index in [9.17, 15) is 23.2 Å². The van der Waals surface area contributed by atoms with Crippen LogP contribution >= 0.6 is 0 Å². The zero-order valence-corrected chi connectivity index (χ0v) is 10.9. The highest BCUT2D eigenvalue weighted by Gasteiger charge is 2.39. The van der Waals surface area contributed by atoms with Crippen LogP contribution in [0.25, 0.3) is 0 Å². The van der Waals surface area contributed by atoms with Crippen molar-refractivity contribution in [1.29, 1.82) is 0 Å². The number of carbonyl (C=O) groups excluding carboxylic acids is 3. The SMILES string of the molecule is CCN(C)C(=O)CN1C(=O)C(=O)c2c(F)cc(F)cc21. The summed E-state index contributed by atoms with van der Waals surface area (Å²) in [6.45, 7) is 1.73. The minimum atomic E-state index is -1.10. The van der Waals surface area contributed by atoms with Gasteiger partial charge >= 0.3 is 0 Å². The summed E-state index contributed by atoms with van der Waals surface area (Å²) in [7, 11) is 1.53. The zero-order chi connectivity index (χ0) is 15.0. The Morgan fingerprint density at radius 3 is 2.55 bits per heavy atom. The average molecular weight is 282 g/mol. The average Bonchev–Trinajstić information content (AvgIpc) is 2.62. The first-order valence-electron chi connectivity index (χ1n) is 5.96. The van der Waals surface area contributed by atoms with E-state index >= 15 is 0 Å². The molecule has 20 heavy (non-hydrogen) atoms. The second-order valence-electron chi connectivity index (χ2n) is 4.41. The largest absolute Gasteiger partial charge is 0.344 e. The number of likely N-dealkylation sites (N-methyl/N-ethyl adjacent to an activating group) is 1. The molecule has 1 aromatic carbocycles. The molecular formula is C13H12F2N2O3. The normalized spacial score (nSPS) is 13.7. The summed E-state index contributed by atoms with van der Waals surface area (Å²) in [4.78, 5) is 37.4. The van der Waals surface area contributed by atoms with Gasteiger partial charge in [-0.3, -0.25) is 19.3 Å². The fourth-order valence-electron chi connectivity index (χ4n) is 1.93. The van der Waals surface area contributed by atoms with Gasteiger partial charge in [0.2, 0.25) is 5.91 Å². The number of amides is 2. The number of rotatable bonds is 3. The van der Waals surface area contributed by atoms with Crippen LogP contribution < -0.4 is 4.90 Å². The Morgan fingerprint density at radius 2 is 1.95 bits per heavy atom. The first kappa shape index (κ1) is 14.1. The van der Waals surface area contributed by atoms with E-state index in [1.54, 1.807) is 6.92 Å². The van der Waals surface area contributed by atoms with Crippen LogP contribution in [-0.4, -0.2) is 42.6 Å². The first-order chi connectivity index (χ1) is 9.36. The standard InChI is InChI=1S/C13H12F2N2O3/c1-3-16(2)10(18)6-17-9-5-7(14)4-8(15)11(9)12(19)13(17)20/h4-5H,3,6H2,1-2H3. The Hall–Kier alpha value is -2.31. The maximum absolute atomic E-state index is 13.6. The van der Waals surface area contributed by atoms with Crippen LogP contribution in [0.4, 0.5) is 14.5 Å². The molecule has 0 bridgehead atoms. The molecular weight excluding hydrogens is 270 g/mol. The number of ketones is 1. The third kappa shape index (κ3) is 2.15. The molecule has 0 saturated carbocycles. The third-order valence-electron chi connectivity index (χ3n) is 3.18. The van der Waals surface area contributed by atoms with Gasteiger partial charge in [0.25, 0.3) is 11.7 Å². The molecule has 0 fully saturated rings. The summed E-state index contributed by atoms with van der Waals surface area (Å²) in [5.41, 5.74) is -0.682. The van der Waals surface area contributed by atoms with E-state index in [4.69, 9.17) is 0 Å². The molecule has 106 valence electrons. The lowest BCUT2D eigenvalue weighted by Crippen LogP contribution is -2.40. The van der Waals surface area contributed by atoms with Crippen LogP contribution in [0.15, 0.2) is 12.1 Å². The van der Waals surface area contributed by atoms with E-state index in [0.717, 1.165) is 11.0 Å². The molecule has 0 atom stereocenters. The van der Waals surface area contributed by atoms with Crippen LogP contribution in [-0.2, 0) is 9.59 Å². The summed E-state index contributed by atoms with van der Waals surface area (Å²) in [6, 6.07) is 1.41. The van der Waals surface area contributed by atoms with Crippen molar-refractivity contribution in [3.05, 3.63) is 29.3 Å². The lowest BCUT2D eigenvalue weighted by atomic mass is 10.1. The molecule has 0 aliphatic carbocycles. The van der Waals surface area contributed by atoms with Crippen LogP contribution in [0.2, 0.25) is 0 Å². The van der Waals surface area contributed by atoms with E-state index in [1.165, 1.54) is 11.9 Å². The van der Waals surface area contributed by atoms with Crippen molar-refractivity contribution in [1.82, 2.24) is 4.90 Å². The van der Waals surface area contributed by atoms with E-state index in [-0.39, 0.29) is 5.69 Å². The minimum Gasteiger partial charge on any atom is -0.344 e. The lowest BCUT2D eigenvalue weighted by Gasteiger charge is -2.20. The van der Waals surface area contributed by atoms with Gasteiger partial charge in [-0.1, -0.05) is 0 Å². The van der Waals surface area contributed by atoms with Crippen LogP contribution in [0, 0.1) is 11.6 Å². The highest BCUT2D eigenvalue weighted by atomic mass is 19.1. The quantitative estimate of drug-likeness (QED) is 0.776. The molecule has 0 N–H and O–H groups in total. The molecule has 2 amide bonds. The maximum atomic E-state index is 13.6. The number of benzene rings is 1. The van der Waals surface area contributed by atoms with Gasteiger partial charge in [-0.05, 0) is 13.0 Å². The number of hydrogen-bond donors (Lipinski definition) is 0. The van der Waals surface area contributed by atoms with Crippen molar-refractivity contribution >= 4 is 23.3 Å². The summed E-state index contributed by atoms with van der Waals surface area (Å²) in [6.07, 6.45) is 0. The van der Waals surface area contributed by atoms with E-state index in [2.05, 4.69) is 0 Å². The molecule has 5 nitrogen and oxygen atoms in total. The molecule has 1 aliphatic rings. The monoisotopic (exact) mass is 282 g/mol. The van der Waals surface area contributed by atoms with Crippen LogP contribution in [0.1, 0.15) is 17.3 Å². The number of carbonyl (C=O) groups is 3. The Balaban J connectivity index is 2.41. The Kier molecular flexibility index (Phi) is 3.52. The van der Waals surface area contributed by atoms with Crippen molar-refractivity contribution in [2.24, 2.45) is 0 Å². The van der Waals surface area contributed by atoms with Crippen molar-refractivity contribution in [3.63, 3.8) is 0 Å². The van der Waals surface area contributed by atoms with Crippen molar-refractivity contribution in [2.45, 2.75) is 6.92 Å². The van der Waals surface area contributed by atoms with Gasteiger partial charge in [0.15, 0.2) is 0 Å². The molecule has 0 unspecified atom stereocenters. The van der Waals surface area contributed by atoms with Crippen molar-refractivity contribution < 1.29 is 23.2 Å². The second-order valence-corrected chi connectivity index (χ2v) is 4.41. The van der Waals surface area contributed by atoms with Crippen molar-refractivity contribution in [2.75, 3.05) is 25.0 Å². The number of fused-ring (bicyclic) bond motifs is 1. The van der Waals surface area contributed by atoms with Gasteiger partial charge in [-0.15, -0.1) is 0 Å². The Labute approximate surface area is 113 Å². The van der Waals surface area contributed by atoms with Gasteiger partial charge in [-0.2, -0.15) is 0 Å². The highest BCUT2D eigenvalue weighted by Crippen LogP contribution is 2.31. The van der Waals surface area contributed by atoms with Gasteiger partial charge in [0.05, 0.1) is 11.3 Å². The predicted molar refractivity (Wildman–Crippen MR) is 66.4 cm³/mol. The van der Waals surface area contributed by atoms with E-state index < -0.39 is 41.3 Å². The van der Waals surface area contributed by atoms with Crippen molar-refractivity contribution in [3.8, 4) is 0 Å². The zero-order valence-electron chi connectivity index (χ0n) is 10.9. The summed E-state index contributed by atoms with van der Waals surface area (Å²) < 4.78 is 26.8.